The second kappa shape index (κ2) is 7.59. The number of rotatable bonds is 6. The Morgan fingerprint density at radius 1 is 1.12 bits per heavy atom. The van der Waals surface area contributed by atoms with Crippen molar-refractivity contribution in [2.45, 2.75) is 13.3 Å². The monoisotopic (exact) mass is 339 g/mol. The summed E-state index contributed by atoms with van der Waals surface area (Å²) in [5, 5.41) is 11.0. The molecule has 3 rings (SSSR count). The smallest absolute Gasteiger partial charge is 0.286 e. The summed E-state index contributed by atoms with van der Waals surface area (Å²) in [4.78, 5) is 19.9. The average molecular weight is 339 g/mol. The highest BCUT2D eigenvalue weighted by Gasteiger charge is 2.06. The van der Waals surface area contributed by atoms with Crippen LogP contribution >= 0.6 is 0 Å². The van der Waals surface area contributed by atoms with E-state index in [1.54, 1.807) is 0 Å². The summed E-state index contributed by atoms with van der Waals surface area (Å²) in [5.41, 5.74) is 3.58. The molecule has 128 valence electrons. The summed E-state index contributed by atoms with van der Waals surface area (Å²) in [6.45, 7) is 2.09. The molecule has 0 saturated heterocycles. The molecule has 0 aliphatic carbocycles. The van der Waals surface area contributed by atoms with Crippen LogP contribution in [-0.4, -0.2) is 27.7 Å². The van der Waals surface area contributed by atoms with Gasteiger partial charge in [0, 0.05) is 11.1 Å². The first-order chi connectivity index (χ1) is 12.2. The molecular weight excluding hydrogens is 320 g/mol. The maximum Gasteiger partial charge on any atom is 0.286 e. The zero-order valence-electron chi connectivity index (χ0n) is 13.7. The van der Waals surface area contributed by atoms with Crippen LogP contribution in [0, 0.1) is 6.92 Å². The number of fused-ring (bicyclic) bond motifs is 1. The third kappa shape index (κ3) is 4.21. The summed E-state index contributed by atoms with van der Waals surface area (Å²) >= 11 is 0. The molecule has 1 heterocycles. The third-order valence-corrected chi connectivity index (χ3v) is 3.57. The second-order valence-electron chi connectivity index (χ2n) is 5.43. The van der Waals surface area contributed by atoms with E-state index in [0.29, 0.717) is 11.6 Å². The van der Waals surface area contributed by atoms with Gasteiger partial charge in [0.2, 0.25) is 0 Å². The van der Waals surface area contributed by atoms with Gasteiger partial charge in [0.25, 0.3) is 5.91 Å². The van der Waals surface area contributed by atoms with Crippen LogP contribution in [0.15, 0.2) is 48.5 Å². The number of hydroxylamine groups is 1. The van der Waals surface area contributed by atoms with Gasteiger partial charge in [-0.25, -0.2) is 9.97 Å². The van der Waals surface area contributed by atoms with E-state index in [1.807, 2.05) is 60.9 Å². The largest absolute Gasteiger partial charge is 0.493 e. The Morgan fingerprint density at radius 2 is 1.88 bits per heavy atom. The zero-order chi connectivity index (χ0) is 17.6. The molecule has 7 heteroatoms. The Hall–Kier alpha value is -3.19. The first-order valence-electron chi connectivity index (χ1n) is 7.84. The minimum Gasteiger partial charge on any atom is -0.493 e. The van der Waals surface area contributed by atoms with Crippen molar-refractivity contribution in [3.05, 3.63) is 54.4 Å². The molecule has 1 aromatic heterocycles. The van der Waals surface area contributed by atoms with E-state index in [0.717, 1.165) is 22.4 Å². The SMILES string of the molecule is Cc1nc(Nc2ccc(OCCC(=O)N[OH2+])cc2)c2ccccc2n1. The highest BCUT2D eigenvalue weighted by Crippen LogP contribution is 2.25. The minimum atomic E-state index is -0.371. The fraction of sp³-hybridized carbons (Fsp3) is 0.167. The van der Waals surface area contributed by atoms with Gasteiger partial charge in [0.05, 0.1) is 18.5 Å². The van der Waals surface area contributed by atoms with Crippen LogP contribution in [0.25, 0.3) is 10.9 Å². The van der Waals surface area contributed by atoms with Crippen molar-refractivity contribution in [3.8, 4) is 5.75 Å². The quantitative estimate of drug-likeness (QED) is 0.530. The molecule has 0 aliphatic rings. The summed E-state index contributed by atoms with van der Waals surface area (Å²) in [6.07, 6.45) is 0.149. The molecule has 0 fully saturated rings. The van der Waals surface area contributed by atoms with E-state index in [2.05, 4.69) is 15.3 Å². The molecule has 1 amide bonds. The van der Waals surface area contributed by atoms with Gasteiger partial charge in [-0.2, -0.15) is 0 Å². The van der Waals surface area contributed by atoms with Gasteiger partial charge in [-0.05, 0) is 43.3 Å². The number of carbonyl (C=O) groups is 1. The summed E-state index contributed by atoms with van der Waals surface area (Å²) < 4.78 is 5.48. The minimum absolute atomic E-state index is 0.149. The Labute approximate surface area is 144 Å². The first kappa shape index (κ1) is 16.7. The van der Waals surface area contributed by atoms with Gasteiger partial charge in [-0.1, -0.05) is 12.1 Å². The van der Waals surface area contributed by atoms with Crippen molar-refractivity contribution in [1.82, 2.24) is 15.4 Å². The zero-order valence-corrected chi connectivity index (χ0v) is 13.7. The lowest BCUT2D eigenvalue weighted by Gasteiger charge is -2.10. The molecule has 0 spiro atoms. The molecule has 0 atom stereocenters. The van der Waals surface area contributed by atoms with Crippen LogP contribution in [0.3, 0.4) is 0 Å². The molecule has 25 heavy (non-hydrogen) atoms. The van der Waals surface area contributed by atoms with Crippen LogP contribution in [-0.2, 0) is 4.79 Å². The van der Waals surface area contributed by atoms with Gasteiger partial charge >= 0.3 is 0 Å². The van der Waals surface area contributed by atoms with Crippen LogP contribution < -0.4 is 15.5 Å². The van der Waals surface area contributed by atoms with Gasteiger partial charge < -0.3 is 15.3 Å². The predicted octanol–water partition coefficient (Wildman–Crippen LogP) is 2.21. The lowest BCUT2D eigenvalue weighted by molar-refractivity contribution is -0.129. The number of hydrogen-bond acceptors (Lipinski definition) is 5. The van der Waals surface area contributed by atoms with E-state index < -0.39 is 0 Å². The number of aryl methyl sites for hydroxylation is 1. The lowest BCUT2D eigenvalue weighted by Crippen LogP contribution is -2.20. The number of carbonyl (C=O) groups excluding carboxylic acids is 1. The number of para-hydroxylation sites is 1. The molecule has 7 nitrogen and oxygen atoms in total. The van der Waals surface area contributed by atoms with E-state index in [1.165, 1.54) is 0 Å². The maximum atomic E-state index is 11.0. The van der Waals surface area contributed by atoms with E-state index in [-0.39, 0.29) is 18.9 Å². The van der Waals surface area contributed by atoms with Crippen molar-refractivity contribution < 1.29 is 14.7 Å². The Morgan fingerprint density at radius 3 is 2.64 bits per heavy atom. The van der Waals surface area contributed by atoms with E-state index in [9.17, 15) is 4.79 Å². The summed E-state index contributed by atoms with van der Waals surface area (Å²) in [5.74, 6) is 1.74. The Balaban J connectivity index is 1.71. The van der Waals surface area contributed by atoms with Crippen LogP contribution in [0.2, 0.25) is 0 Å². The van der Waals surface area contributed by atoms with Crippen molar-refractivity contribution in [1.29, 1.82) is 0 Å². The van der Waals surface area contributed by atoms with Crippen molar-refractivity contribution in [2.24, 2.45) is 0 Å². The summed E-state index contributed by atoms with van der Waals surface area (Å²) in [7, 11) is 0. The van der Waals surface area contributed by atoms with Gasteiger partial charge in [-0.3, -0.25) is 4.79 Å². The maximum absolute atomic E-state index is 11.0. The Bertz CT molecular complexity index is 881. The molecule has 0 radical (unpaired) electrons. The van der Waals surface area contributed by atoms with Gasteiger partial charge in [0.1, 0.15) is 17.4 Å². The van der Waals surface area contributed by atoms with Crippen LogP contribution in [0.1, 0.15) is 12.2 Å². The number of ether oxygens (including phenoxy) is 1. The highest BCUT2D eigenvalue weighted by molar-refractivity contribution is 5.90. The molecule has 4 N–H and O–H groups in total. The number of nitrogens with zero attached hydrogens (tertiary/aromatic N) is 2. The standard InChI is InChI=1S/C18H18N4O3/c1-12-19-16-5-3-2-4-15(16)18(20-12)21-13-6-8-14(9-7-13)25-11-10-17(23)22-24/h2-9,24H,10-11H2,1H3,(H,22,23)(H,19,20,21)/p+1. The molecule has 3 aromatic rings. The molecule has 0 bridgehead atoms. The van der Waals surface area contributed by atoms with Gasteiger partial charge in [0.15, 0.2) is 0 Å². The lowest BCUT2D eigenvalue weighted by atomic mass is 10.2. The number of anilines is 2. The topological polar surface area (TPSA) is 99.0 Å². The normalized spacial score (nSPS) is 10.5. The molecule has 0 saturated carbocycles. The fourth-order valence-electron chi connectivity index (χ4n) is 2.38. The summed E-state index contributed by atoms with van der Waals surface area (Å²) in [6, 6.07) is 15.2. The number of nitrogens with one attached hydrogen (secondary N) is 2. The first-order valence-corrected chi connectivity index (χ1v) is 7.84. The number of hydrogen-bond donors (Lipinski definition) is 2. The molecular formula is C18H19N4O3+. The average Bonchev–Trinajstić information content (AvgIpc) is 2.63. The third-order valence-electron chi connectivity index (χ3n) is 3.57. The molecule has 0 aliphatic heterocycles. The van der Waals surface area contributed by atoms with E-state index >= 15 is 0 Å². The molecule has 2 aromatic carbocycles. The Kier molecular flexibility index (Phi) is 5.06. The van der Waals surface area contributed by atoms with Crippen molar-refractivity contribution in [2.75, 3.05) is 11.9 Å². The fourth-order valence-corrected chi connectivity index (χ4v) is 2.38. The van der Waals surface area contributed by atoms with E-state index in [4.69, 9.17) is 9.94 Å². The van der Waals surface area contributed by atoms with Crippen LogP contribution in [0.4, 0.5) is 11.5 Å². The number of aromatic nitrogens is 2. The number of benzene rings is 2. The highest BCUT2D eigenvalue weighted by atomic mass is 16.5. The van der Waals surface area contributed by atoms with Crippen molar-refractivity contribution in [3.63, 3.8) is 0 Å². The second-order valence-corrected chi connectivity index (χ2v) is 5.43. The molecule has 0 unspecified atom stereocenters. The predicted molar refractivity (Wildman–Crippen MR) is 95.9 cm³/mol. The van der Waals surface area contributed by atoms with Gasteiger partial charge in [-0.15, -0.1) is 5.48 Å². The van der Waals surface area contributed by atoms with Crippen molar-refractivity contribution >= 4 is 28.3 Å². The van der Waals surface area contributed by atoms with Crippen LogP contribution in [0.5, 0.6) is 5.75 Å². The number of amides is 1.